The third-order valence-corrected chi connectivity index (χ3v) is 6.58. The minimum atomic E-state index is -3.53. The number of nitrogens with zero attached hydrogens (tertiary/aromatic N) is 1. The van der Waals surface area contributed by atoms with Crippen LogP contribution in [0.25, 0.3) is 0 Å². The van der Waals surface area contributed by atoms with Crippen molar-refractivity contribution in [2.75, 3.05) is 26.3 Å². The van der Waals surface area contributed by atoms with Crippen molar-refractivity contribution in [2.45, 2.75) is 56.1 Å². The topological polar surface area (TPSA) is 84.9 Å². The third-order valence-electron chi connectivity index (χ3n) is 5.04. The predicted octanol–water partition coefficient (Wildman–Crippen LogP) is 1.92. The first-order chi connectivity index (χ1) is 13.0. The second-order valence-electron chi connectivity index (χ2n) is 7.13. The number of benzene rings is 1. The quantitative estimate of drug-likeness (QED) is 0.794. The van der Waals surface area contributed by atoms with Crippen molar-refractivity contribution in [3.05, 3.63) is 24.3 Å². The van der Waals surface area contributed by atoms with Crippen molar-refractivity contribution < 1.29 is 22.7 Å². The van der Waals surface area contributed by atoms with E-state index >= 15 is 0 Å². The van der Waals surface area contributed by atoms with Gasteiger partial charge in [-0.2, -0.15) is 0 Å². The summed E-state index contributed by atoms with van der Waals surface area (Å²) in [5, 5.41) is 0. The van der Waals surface area contributed by atoms with Gasteiger partial charge in [-0.25, -0.2) is 13.1 Å². The van der Waals surface area contributed by atoms with Gasteiger partial charge in [0.1, 0.15) is 5.75 Å². The molecule has 7 nitrogen and oxygen atoms in total. The molecule has 1 saturated heterocycles. The summed E-state index contributed by atoms with van der Waals surface area (Å²) >= 11 is 0. The first-order valence-electron chi connectivity index (χ1n) is 9.61. The Kier molecular flexibility index (Phi) is 6.73. The summed E-state index contributed by atoms with van der Waals surface area (Å²) in [6, 6.07) is 6.25. The van der Waals surface area contributed by atoms with Crippen LogP contribution in [0.3, 0.4) is 0 Å². The lowest BCUT2D eigenvalue weighted by Gasteiger charge is -2.29. The SMILES string of the molecule is C[C@H](Oc1ccc(S(=O)(=O)NC2CCCCC2)cc1)C(=O)N1CCOCC1. The number of amides is 1. The van der Waals surface area contributed by atoms with Crippen LogP contribution in [0.4, 0.5) is 0 Å². The van der Waals surface area contributed by atoms with E-state index in [1.165, 1.54) is 18.6 Å². The van der Waals surface area contributed by atoms with E-state index in [1.807, 2.05) is 0 Å². The zero-order valence-corrected chi connectivity index (χ0v) is 16.5. The normalized spacial score (nSPS) is 20.3. The second kappa shape index (κ2) is 9.03. The molecule has 2 fully saturated rings. The second-order valence-corrected chi connectivity index (χ2v) is 8.84. The van der Waals surface area contributed by atoms with Gasteiger partial charge in [0, 0.05) is 19.1 Å². The summed E-state index contributed by atoms with van der Waals surface area (Å²) < 4.78 is 38.8. The first kappa shape index (κ1) is 20.1. The molecule has 1 aliphatic heterocycles. The molecule has 8 heteroatoms. The summed E-state index contributed by atoms with van der Waals surface area (Å²) in [4.78, 5) is 14.3. The van der Waals surface area contributed by atoms with E-state index in [0.29, 0.717) is 32.1 Å². The minimum Gasteiger partial charge on any atom is -0.481 e. The number of ether oxygens (including phenoxy) is 2. The number of hydrogen-bond acceptors (Lipinski definition) is 5. The Morgan fingerprint density at radius 2 is 1.78 bits per heavy atom. The highest BCUT2D eigenvalue weighted by Gasteiger charge is 2.25. The molecule has 1 aromatic carbocycles. The van der Waals surface area contributed by atoms with Gasteiger partial charge >= 0.3 is 0 Å². The molecule has 1 aromatic rings. The monoisotopic (exact) mass is 396 g/mol. The van der Waals surface area contributed by atoms with E-state index in [4.69, 9.17) is 9.47 Å². The van der Waals surface area contributed by atoms with Gasteiger partial charge in [-0.1, -0.05) is 19.3 Å². The number of sulfonamides is 1. The smallest absolute Gasteiger partial charge is 0.263 e. The summed E-state index contributed by atoms with van der Waals surface area (Å²) in [6.45, 7) is 3.91. The molecule has 2 aliphatic rings. The zero-order valence-electron chi connectivity index (χ0n) is 15.7. The van der Waals surface area contributed by atoms with Gasteiger partial charge in [0.05, 0.1) is 18.1 Å². The van der Waals surface area contributed by atoms with Crippen molar-refractivity contribution in [3.63, 3.8) is 0 Å². The summed E-state index contributed by atoms with van der Waals surface area (Å²) in [5.41, 5.74) is 0. The van der Waals surface area contributed by atoms with Crippen LogP contribution in [-0.4, -0.2) is 57.7 Å². The number of hydrogen-bond donors (Lipinski definition) is 1. The van der Waals surface area contributed by atoms with Crippen LogP contribution in [0.5, 0.6) is 5.75 Å². The maximum atomic E-state index is 12.5. The maximum absolute atomic E-state index is 12.5. The Bertz CT molecular complexity index is 723. The largest absolute Gasteiger partial charge is 0.481 e. The number of nitrogens with one attached hydrogen (secondary N) is 1. The highest BCUT2D eigenvalue weighted by molar-refractivity contribution is 7.89. The van der Waals surface area contributed by atoms with Gasteiger partial charge in [0.2, 0.25) is 10.0 Å². The highest BCUT2D eigenvalue weighted by atomic mass is 32.2. The fourth-order valence-corrected chi connectivity index (χ4v) is 4.81. The molecule has 3 rings (SSSR count). The van der Waals surface area contributed by atoms with E-state index in [9.17, 15) is 13.2 Å². The van der Waals surface area contributed by atoms with Crippen LogP contribution in [0, 0.1) is 0 Å². The molecule has 0 spiro atoms. The van der Waals surface area contributed by atoms with Gasteiger partial charge < -0.3 is 14.4 Å². The van der Waals surface area contributed by atoms with Crippen LogP contribution in [0.15, 0.2) is 29.2 Å². The van der Waals surface area contributed by atoms with Gasteiger partial charge in [-0.15, -0.1) is 0 Å². The standard InChI is InChI=1S/C19H28N2O5S/c1-15(19(22)21-11-13-25-14-12-21)26-17-7-9-18(10-8-17)27(23,24)20-16-5-3-2-4-6-16/h7-10,15-16,20H,2-6,11-14H2,1H3/t15-/m0/s1. The van der Waals surface area contributed by atoms with E-state index in [2.05, 4.69) is 4.72 Å². The molecule has 1 atom stereocenters. The van der Waals surface area contributed by atoms with Crippen LogP contribution >= 0.6 is 0 Å². The van der Waals surface area contributed by atoms with Gasteiger partial charge in [0.25, 0.3) is 5.91 Å². The molecule has 0 radical (unpaired) electrons. The third kappa shape index (κ3) is 5.43. The number of morpholine rings is 1. The van der Waals surface area contributed by atoms with E-state index < -0.39 is 16.1 Å². The Morgan fingerprint density at radius 3 is 2.41 bits per heavy atom. The van der Waals surface area contributed by atoms with E-state index in [-0.39, 0.29) is 16.8 Å². The molecule has 1 N–H and O–H groups in total. The highest BCUT2D eigenvalue weighted by Crippen LogP contribution is 2.22. The van der Waals surface area contributed by atoms with Crippen molar-refractivity contribution in [1.29, 1.82) is 0 Å². The molecule has 1 heterocycles. The summed E-state index contributed by atoms with van der Waals surface area (Å²) in [6.07, 6.45) is 4.45. The van der Waals surface area contributed by atoms with Crippen molar-refractivity contribution >= 4 is 15.9 Å². The number of rotatable bonds is 6. The Balaban J connectivity index is 1.58. The lowest BCUT2D eigenvalue weighted by atomic mass is 9.96. The van der Waals surface area contributed by atoms with Gasteiger partial charge in [0.15, 0.2) is 6.10 Å². The van der Waals surface area contributed by atoms with Crippen LogP contribution in [-0.2, 0) is 19.6 Å². The van der Waals surface area contributed by atoms with E-state index in [0.717, 1.165) is 25.7 Å². The van der Waals surface area contributed by atoms with Crippen molar-refractivity contribution in [3.8, 4) is 5.75 Å². The molecular formula is C19H28N2O5S. The zero-order chi connectivity index (χ0) is 19.3. The molecule has 1 amide bonds. The minimum absolute atomic E-state index is 0.0193. The van der Waals surface area contributed by atoms with Crippen molar-refractivity contribution in [1.82, 2.24) is 9.62 Å². The fraction of sp³-hybridized carbons (Fsp3) is 0.632. The lowest BCUT2D eigenvalue weighted by Crippen LogP contribution is -2.46. The Hall–Kier alpha value is -1.64. The molecule has 0 aromatic heterocycles. The average Bonchev–Trinajstić information content (AvgIpc) is 2.69. The van der Waals surface area contributed by atoms with Crippen LogP contribution < -0.4 is 9.46 Å². The predicted molar refractivity (Wildman–Crippen MR) is 101 cm³/mol. The summed E-state index contributed by atoms with van der Waals surface area (Å²) in [7, 11) is -3.53. The number of carbonyl (C=O) groups is 1. The van der Waals surface area contributed by atoms with Crippen LogP contribution in [0.1, 0.15) is 39.0 Å². The number of carbonyl (C=O) groups excluding carboxylic acids is 1. The van der Waals surface area contributed by atoms with Crippen molar-refractivity contribution in [2.24, 2.45) is 0 Å². The maximum Gasteiger partial charge on any atom is 0.263 e. The van der Waals surface area contributed by atoms with Gasteiger partial charge in [-0.3, -0.25) is 4.79 Å². The lowest BCUT2D eigenvalue weighted by molar-refractivity contribution is -0.142. The van der Waals surface area contributed by atoms with E-state index in [1.54, 1.807) is 24.0 Å². The molecule has 27 heavy (non-hydrogen) atoms. The fourth-order valence-electron chi connectivity index (χ4n) is 3.50. The molecule has 0 bridgehead atoms. The molecule has 0 unspecified atom stereocenters. The summed E-state index contributed by atoms with van der Waals surface area (Å²) in [5.74, 6) is 0.384. The molecule has 1 saturated carbocycles. The average molecular weight is 397 g/mol. The molecular weight excluding hydrogens is 368 g/mol. The molecule has 150 valence electrons. The van der Waals surface area contributed by atoms with Crippen LogP contribution in [0.2, 0.25) is 0 Å². The van der Waals surface area contributed by atoms with Gasteiger partial charge in [-0.05, 0) is 44.0 Å². The first-order valence-corrected chi connectivity index (χ1v) is 11.1. The molecule has 1 aliphatic carbocycles. The Labute approximate surface area is 161 Å². The Morgan fingerprint density at radius 1 is 1.15 bits per heavy atom.